The Morgan fingerprint density at radius 1 is 0.375 bits per heavy atom. The number of benzene rings is 4. The van der Waals surface area contributed by atoms with Gasteiger partial charge in [-0.25, -0.2) is 37.5 Å². The van der Waals surface area contributed by atoms with Gasteiger partial charge in [0.05, 0.1) is 0 Å². The number of carbonyl (C=O) groups is 2. The summed E-state index contributed by atoms with van der Waals surface area (Å²) in [4.78, 5) is 47.2. The van der Waals surface area contributed by atoms with Crippen LogP contribution in [0.3, 0.4) is 0 Å². The molecule has 0 N–H and O–H groups in total. The number of fused-ring (bicyclic) bond motifs is 6. The molecule has 0 saturated carbocycles. The van der Waals surface area contributed by atoms with Gasteiger partial charge in [0.1, 0.15) is 33.2 Å². The first-order chi connectivity index (χ1) is 26.8. The second-order valence-electron chi connectivity index (χ2n) is 12.1. The molecular formula is C36H8F8N6O6. The Morgan fingerprint density at radius 2 is 0.661 bits per heavy atom. The van der Waals surface area contributed by atoms with Gasteiger partial charge in [0.25, 0.3) is 58.9 Å². The van der Waals surface area contributed by atoms with E-state index in [-0.39, 0.29) is 45.1 Å². The van der Waals surface area contributed by atoms with E-state index in [1.54, 1.807) is 24.3 Å². The molecule has 0 amide bonds. The summed E-state index contributed by atoms with van der Waals surface area (Å²) in [7, 11) is 0. The molecule has 6 heterocycles. The van der Waals surface area contributed by atoms with E-state index in [9.17, 15) is 44.7 Å². The van der Waals surface area contributed by atoms with Gasteiger partial charge >= 0.3 is 0 Å². The highest BCUT2D eigenvalue weighted by atomic mass is 19.2. The van der Waals surface area contributed by atoms with E-state index in [4.69, 9.17) is 17.7 Å². The third kappa shape index (κ3) is 4.84. The number of hydrogen-bond acceptors (Lipinski definition) is 12. The van der Waals surface area contributed by atoms with Gasteiger partial charge in [-0.2, -0.15) is 27.5 Å². The zero-order valence-electron chi connectivity index (χ0n) is 26.8. The molecule has 0 unspecified atom stereocenters. The predicted molar refractivity (Wildman–Crippen MR) is 172 cm³/mol. The fourth-order valence-corrected chi connectivity index (χ4v) is 6.15. The van der Waals surface area contributed by atoms with Gasteiger partial charge in [-0.3, -0.25) is 9.59 Å². The van der Waals surface area contributed by atoms with Gasteiger partial charge in [-0.05, 0) is 70.1 Å². The third-order valence-corrected chi connectivity index (χ3v) is 8.73. The van der Waals surface area contributed by atoms with E-state index in [0.717, 1.165) is 0 Å². The molecule has 10 rings (SSSR count). The van der Waals surface area contributed by atoms with Crippen molar-refractivity contribution in [3.05, 3.63) is 118 Å². The molecule has 0 radical (unpaired) electrons. The molecule has 20 heteroatoms. The van der Waals surface area contributed by atoms with Crippen LogP contribution in [-0.2, 0) is 0 Å². The van der Waals surface area contributed by atoms with Crippen LogP contribution < -0.4 is 0 Å². The largest absolute Gasteiger partial charge is 0.433 e. The van der Waals surface area contributed by atoms with Crippen LogP contribution in [-0.4, -0.2) is 41.5 Å². The minimum atomic E-state index is -2.02. The number of hydrogen-bond donors (Lipinski definition) is 0. The Kier molecular flexibility index (Phi) is 6.73. The van der Waals surface area contributed by atoms with Crippen LogP contribution in [0.15, 0.2) is 66.2 Å². The lowest BCUT2D eigenvalue weighted by molar-refractivity contribution is 0.0986. The van der Waals surface area contributed by atoms with Crippen LogP contribution >= 0.6 is 0 Å². The summed E-state index contributed by atoms with van der Waals surface area (Å²) in [5.41, 5.74) is -1.80. The van der Waals surface area contributed by atoms with Gasteiger partial charge in [0, 0.05) is 0 Å². The summed E-state index contributed by atoms with van der Waals surface area (Å²) < 4.78 is 134. The molecule has 0 aliphatic heterocycles. The molecule has 274 valence electrons. The highest BCUT2D eigenvalue weighted by Crippen LogP contribution is 2.35. The van der Waals surface area contributed by atoms with Crippen LogP contribution in [0.2, 0.25) is 0 Å². The Bertz CT molecular complexity index is 3010. The number of carbonyl (C=O) groups excluding carboxylic acids is 2. The minimum Gasteiger partial charge on any atom is -0.433 e. The summed E-state index contributed by atoms with van der Waals surface area (Å²) in [6, 6.07) is 12.2. The zero-order chi connectivity index (χ0) is 38.9. The molecule has 0 saturated heterocycles. The van der Waals surface area contributed by atoms with Crippen molar-refractivity contribution in [3.63, 3.8) is 0 Å². The van der Waals surface area contributed by atoms with Crippen molar-refractivity contribution in [3.8, 4) is 11.8 Å². The van der Waals surface area contributed by atoms with Crippen LogP contribution in [0.4, 0.5) is 35.1 Å². The van der Waals surface area contributed by atoms with Crippen molar-refractivity contribution >= 4 is 77.5 Å². The summed E-state index contributed by atoms with van der Waals surface area (Å²) in [5.74, 6) is -20.9. The molecule has 10 aromatic rings. The SMILES string of the molecule is O=C(c1nc2cc3cc4oc(-c5nc6cc7cc8oc(C(=O)c9c(F)c(F)nc(F)c9F)nc8cc7cc6o5)nc4cc3cc2o1)c1c(F)c(F)nc(F)c1F. The molecule has 4 aromatic carbocycles. The number of nitrogens with zero attached hydrogens (tertiary/aromatic N) is 6. The summed E-state index contributed by atoms with van der Waals surface area (Å²) >= 11 is 0. The Hall–Kier alpha value is -7.64. The molecule has 12 nitrogen and oxygen atoms in total. The molecule has 0 spiro atoms. The average Bonchev–Trinajstić information content (AvgIpc) is 3.96. The fourth-order valence-electron chi connectivity index (χ4n) is 6.15. The van der Waals surface area contributed by atoms with Gasteiger partial charge < -0.3 is 17.7 Å². The van der Waals surface area contributed by atoms with Crippen molar-refractivity contribution in [2.24, 2.45) is 0 Å². The smallest absolute Gasteiger partial charge is 0.284 e. The number of rotatable bonds is 5. The van der Waals surface area contributed by atoms with E-state index in [0.29, 0.717) is 32.6 Å². The summed E-state index contributed by atoms with van der Waals surface area (Å²) in [6.45, 7) is 0. The molecule has 0 aliphatic rings. The van der Waals surface area contributed by atoms with Gasteiger partial charge in [-0.1, -0.05) is 0 Å². The van der Waals surface area contributed by atoms with Crippen molar-refractivity contribution in [1.82, 2.24) is 29.9 Å². The highest BCUT2D eigenvalue weighted by Gasteiger charge is 2.32. The van der Waals surface area contributed by atoms with Gasteiger partial charge in [0.15, 0.2) is 45.6 Å². The lowest BCUT2D eigenvalue weighted by atomic mass is 10.1. The maximum Gasteiger partial charge on any atom is 0.284 e. The quantitative estimate of drug-likeness (QED) is 0.0931. The second-order valence-corrected chi connectivity index (χ2v) is 12.1. The molecule has 0 bridgehead atoms. The van der Waals surface area contributed by atoms with Crippen molar-refractivity contribution in [1.29, 1.82) is 0 Å². The second kappa shape index (κ2) is 11.4. The highest BCUT2D eigenvalue weighted by molar-refractivity contribution is 6.09. The normalized spacial score (nSPS) is 12.1. The lowest BCUT2D eigenvalue weighted by Crippen LogP contribution is -2.13. The van der Waals surface area contributed by atoms with E-state index in [2.05, 4.69) is 29.9 Å². The summed E-state index contributed by atoms with van der Waals surface area (Å²) in [6.07, 6.45) is 0. The van der Waals surface area contributed by atoms with Crippen LogP contribution in [0.1, 0.15) is 32.5 Å². The first-order valence-corrected chi connectivity index (χ1v) is 15.6. The molecular weight excluding hydrogens is 764 g/mol. The predicted octanol–water partition coefficient (Wildman–Crippen LogP) is 8.59. The maximum absolute atomic E-state index is 14.2. The first-order valence-electron chi connectivity index (χ1n) is 15.6. The van der Waals surface area contributed by atoms with Crippen LogP contribution in [0.5, 0.6) is 0 Å². The van der Waals surface area contributed by atoms with Crippen molar-refractivity contribution in [2.75, 3.05) is 0 Å². The summed E-state index contributed by atoms with van der Waals surface area (Å²) in [5, 5.41) is 2.00. The minimum absolute atomic E-state index is 0.00189. The standard InChI is InChI=1S/C36H8F8N6O6/c37-23-21(24(38)30(42)49-29(23)41)27(51)33-45-13-1-9-7-19-15(3-11(9)5-17(13)53-33)47-35(55-19)36-48-16-4-12-6-18-14(2-10(12)8-20(16)56-36)46-34(54-18)28(52)22-25(39)31(43)50-32(44)26(22)40/h1-8H. The average molecular weight is 772 g/mol. The Balaban J connectivity index is 0.976. The molecule has 6 aromatic heterocycles. The van der Waals surface area contributed by atoms with Crippen molar-refractivity contribution < 1.29 is 62.4 Å². The number of halogens is 8. The van der Waals surface area contributed by atoms with Gasteiger partial charge in [0.2, 0.25) is 0 Å². The fraction of sp³-hybridized carbons (Fsp3) is 0. The number of oxazole rings is 4. The lowest BCUT2D eigenvalue weighted by Gasteiger charge is -2.02. The maximum atomic E-state index is 14.2. The zero-order valence-corrected chi connectivity index (χ0v) is 26.8. The van der Waals surface area contributed by atoms with Gasteiger partial charge in [-0.15, -0.1) is 0 Å². The first kappa shape index (κ1) is 33.0. The number of aromatic nitrogens is 6. The van der Waals surface area contributed by atoms with E-state index >= 15 is 0 Å². The molecule has 0 fully saturated rings. The molecule has 0 atom stereocenters. The van der Waals surface area contributed by atoms with Crippen LogP contribution in [0, 0.1) is 47.1 Å². The Morgan fingerprint density at radius 3 is 0.982 bits per heavy atom. The monoisotopic (exact) mass is 772 g/mol. The van der Waals surface area contributed by atoms with E-state index < -0.39 is 81.5 Å². The number of pyridine rings is 2. The van der Waals surface area contributed by atoms with E-state index in [1.807, 2.05) is 0 Å². The molecule has 56 heavy (non-hydrogen) atoms. The van der Waals surface area contributed by atoms with Crippen LogP contribution in [0.25, 0.3) is 77.7 Å². The Labute approximate surface area is 300 Å². The topological polar surface area (TPSA) is 164 Å². The van der Waals surface area contributed by atoms with E-state index in [1.165, 1.54) is 24.3 Å². The van der Waals surface area contributed by atoms with Crippen molar-refractivity contribution in [2.45, 2.75) is 0 Å². The third-order valence-electron chi connectivity index (χ3n) is 8.73. The number of ketones is 2. The molecule has 0 aliphatic carbocycles.